The van der Waals surface area contributed by atoms with E-state index in [2.05, 4.69) is 16.1 Å². The van der Waals surface area contributed by atoms with Crippen molar-refractivity contribution in [3.8, 4) is 0 Å². The zero-order chi connectivity index (χ0) is 17.0. The minimum absolute atomic E-state index is 0.0687. The Morgan fingerprint density at radius 2 is 1.83 bits per heavy atom. The molecular formula is C17H20N2O3S. The Hall–Kier alpha value is -2.18. The highest BCUT2D eigenvalue weighted by Crippen LogP contribution is 2.13. The lowest BCUT2D eigenvalue weighted by atomic mass is 10.1. The molecule has 122 valence electrons. The third-order valence-corrected chi connectivity index (χ3v) is 5.02. The van der Waals surface area contributed by atoms with E-state index in [0.29, 0.717) is 12.1 Å². The van der Waals surface area contributed by atoms with E-state index in [1.54, 1.807) is 12.1 Å². The molecule has 2 aromatic carbocycles. The summed E-state index contributed by atoms with van der Waals surface area (Å²) in [7, 11) is -2.23. The van der Waals surface area contributed by atoms with Crippen molar-refractivity contribution in [2.75, 3.05) is 7.05 Å². The molecule has 0 atom stereocenters. The second kappa shape index (κ2) is 6.93. The number of hydrogen-bond acceptors (Lipinski definition) is 3. The van der Waals surface area contributed by atoms with Gasteiger partial charge in [0.1, 0.15) is 0 Å². The minimum Gasteiger partial charge on any atom is -0.348 e. The predicted octanol–water partition coefficient (Wildman–Crippen LogP) is 2.14. The van der Waals surface area contributed by atoms with Crippen LogP contribution in [-0.2, 0) is 16.6 Å². The molecule has 2 aromatic rings. The maximum Gasteiger partial charge on any atom is 0.251 e. The van der Waals surface area contributed by atoms with Crippen molar-refractivity contribution in [3.05, 3.63) is 64.7 Å². The van der Waals surface area contributed by atoms with Crippen LogP contribution in [0, 0.1) is 13.8 Å². The van der Waals surface area contributed by atoms with Crippen LogP contribution < -0.4 is 10.0 Å². The molecule has 1 amide bonds. The largest absolute Gasteiger partial charge is 0.348 e. The summed E-state index contributed by atoms with van der Waals surface area (Å²) in [6, 6.07) is 12.0. The number of sulfonamides is 1. The number of amides is 1. The van der Waals surface area contributed by atoms with Gasteiger partial charge in [-0.25, -0.2) is 13.1 Å². The number of nitrogens with one attached hydrogen (secondary N) is 2. The second-order valence-corrected chi connectivity index (χ2v) is 7.23. The lowest BCUT2D eigenvalue weighted by Crippen LogP contribution is -2.24. The molecule has 2 N–H and O–H groups in total. The summed E-state index contributed by atoms with van der Waals surface area (Å²) in [6.45, 7) is 4.41. The molecule has 23 heavy (non-hydrogen) atoms. The Kier molecular flexibility index (Phi) is 5.18. The minimum atomic E-state index is -3.56. The number of benzene rings is 2. The van der Waals surface area contributed by atoms with Crippen LogP contribution in [0.15, 0.2) is 47.4 Å². The van der Waals surface area contributed by atoms with E-state index in [4.69, 9.17) is 0 Å². The van der Waals surface area contributed by atoms with Crippen molar-refractivity contribution in [1.29, 1.82) is 0 Å². The molecule has 0 spiro atoms. The highest BCUT2D eigenvalue weighted by molar-refractivity contribution is 7.89. The molecule has 0 aromatic heterocycles. The quantitative estimate of drug-likeness (QED) is 0.881. The van der Waals surface area contributed by atoms with Gasteiger partial charge in [-0.3, -0.25) is 4.79 Å². The zero-order valence-electron chi connectivity index (χ0n) is 13.4. The maximum absolute atomic E-state index is 12.2. The van der Waals surface area contributed by atoms with Gasteiger partial charge in [0.15, 0.2) is 0 Å². The van der Waals surface area contributed by atoms with E-state index in [9.17, 15) is 13.2 Å². The van der Waals surface area contributed by atoms with Crippen LogP contribution in [0.25, 0.3) is 0 Å². The molecule has 5 nitrogen and oxygen atoms in total. The summed E-state index contributed by atoms with van der Waals surface area (Å²) in [5.74, 6) is -0.307. The Morgan fingerprint density at radius 1 is 1.09 bits per heavy atom. The van der Waals surface area contributed by atoms with Gasteiger partial charge in [0, 0.05) is 12.1 Å². The van der Waals surface area contributed by atoms with Gasteiger partial charge >= 0.3 is 0 Å². The molecule has 2 rings (SSSR count). The zero-order valence-corrected chi connectivity index (χ0v) is 14.2. The first-order chi connectivity index (χ1) is 10.8. The van der Waals surface area contributed by atoms with Gasteiger partial charge in [0.2, 0.25) is 10.0 Å². The fourth-order valence-electron chi connectivity index (χ4n) is 2.24. The van der Waals surface area contributed by atoms with Crippen LogP contribution in [0.5, 0.6) is 0 Å². The number of carbonyl (C=O) groups is 1. The molecule has 0 saturated heterocycles. The molecule has 0 fully saturated rings. The summed E-state index contributed by atoms with van der Waals surface area (Å²) < 4.78 is 25.8. The van der Waals surface area contributed by atoms with Crippen molar-refractivity contribution >= 4 is 15.9 Å². The standard InChI is InChI=1S/C17H20N2O3S/c1-12-7-8-15(13(2)9-12)11-19-17(20)14-5-4-6-16(10-14)23(21,22)18-3/h4-10,18H,11H2,1-3H3,(H,19,20). The summed E-state index contributed by atoms with van der Waals surface area (Å²) >= 11 is 0. The molecule has 0 unspecified atom stereocenters. The third-order valence-electron chi connectivity index (χ3n) is 3.61. The second-order valence-electron chi connectivity index (χ2n) is 5.35. The molecule has 6 heteroatoms. The Labute approximate surface area is 136 Å². The van der Waals surface area contributed by atoms with Crippen LogP contribution in [-0.4, -0.2) is 21.4 Å². The van der Waals surface area contributed by atoms with Gasteiger partial charge in [0.25, 0.3) is 5.91 Å². The number of rotatable bonds is 5. The van der Waals surface area contributed by atoms with Crippen molar-refractivity contribution in [2.45, 2.75) is 25.3 Å². The molecule has 0 bridgehead atoms. The third kappa shape index (κ3) is 4.18. The number of aryl methyl sites for hydroxylation is 2. The number of hydrogen-bond donors (Lipinski definition) is 2. The van der Waals surface area contributed by atoms with Crippen LogP contribution in [0.4, 0.5) is 0 Å². The Bertz CT molecular complexity index is 829. The monoisotopic (exact) mass is 332 g/mol. The molecular weight excluding hydrogens is 312 g/mol. The topological polar surface area (TPSA) is 75.3 Å². The van der Waals surface area contributed by atoms with E-state index in [0.717, 1.165) is 11.1 Å². The van der Waals surface area contributed by atoms with Gasteiger partial charge in [-0.15, -0.1) is 0 Å². The molecule has 0 aliphatic heterocycles. The molecule has 0 aliphatic rings. The average Bonchev–Trinajstić information content (AvgIpc) is 2.54. The maximum atomic E-state index is 12.2. The molecule has 0 heterocycles. The van der Waals surface area contributed by atoms with Gasteiger partial charge in [-0.1, -0.05) is 29.8 Å². The van der Waals surface area contributed by atoms with Gasteiger partial charge in [0.05, 0.1) is 4.90 Å². The van der Waals surface area contributed by atoms with E-state index in [-0.39, 0.29) is 10.8 Å². The Balaban J connectivity index is 2.14. The summed E-state index contributed by atoms with van der Waals surface area (Å²) in [6.07, 6.45) is 0. The van der Waals surface area contributed by atoms with Crippen LogP contribution >= 0.6 is 0 Å². The van der Waals surface area contributed by atoms with Gasteiger partial charge in [-0.05, 0) is 50.2 Å². The van der Waals surface area contributed by atoms with Crippen molar-refractivity contribution in [1.82, 2.24) is 10.0 Å². The van der Waals surface area contributed by atoms with Crippen molar-refractivity contribution < 1.29 is 13.2 Å². The lowest BCUT2D eigenvalue weighted by molar-refractivity contribution is 0.0950. The number of carbonyl (C=O) groups excluding carboxylic acids is 1. The lowest BCUT2D eigenvalue weighted by Gasteiger charge is -2.10. The molecule has 0 aliphatic carbocycles. The van der Waals surface area contributed by atoms with E-state index in [1.165, 1.54) is 24.7 Å². The van der Waals surface area contributed by atoms with Crippen LogP contribution in [0.2, 0.25) is 0 Å². The van der Waals surface area contributed by atoms with E-state index in [1.807, 2.05) is 26.0 Å². The molecule has 0 saturated carbocycles. The van der Waals surface area contributed by atoms with Crippen LogP contribution in [0.1, 0.15) is 27.0 Å². The summed E-state index contributed by atoms with van der Waals surface area (Å²) in [5, 5.41) is 2.82. The highest BCUT2D eigenvalue weighted by Gasteiger charge is 2.14. The van der Waals surface area contributed by atoms with Crippen LogP contribution in [0.3, 0.4) is 0 Å². The fraction of sp³-hybridized carbons (Fsp3) is 0.235. The first-order valence-corrected chi connectivity index (χ1v) is 8.70. The smallest absolute Gasteiger partial charge is 0.251 e. The normalized spacial score (nSPS) is 11.3. The summed E-state index contributed by atoms with van der Waals surface area (Å²) in [4.78, 5) is 12.3. The predicted molar refractivity (Wildman–Crippen MR) is 89.8 cm³/mol. The fourth-order valence-corrected chi connectivity index (χ4v) is 3.02. The first-order valence-electron chi connectivity index (χ1n) is 7.21. The van der Waals surface area contributed by atoms with Gasteiger partial charge < -0.3 is 5.32 Å². The van der Waals surface area contributed by atoms with E-state index < -0.39 is 10.0 Å². The molecule has 0 radical (unpaired) electrons. The summed E-state index contributed by atoms with van der Waals surface area (Å²) in [5.41, 5.74) is 3.62. The van der Waals surface area contributed by atoms with Gasteiger partial charge in [-0.2, -0.15) is 0 Å². The highest BCUT2D eigenvalue weighted by atomic mass is 32.2. The van der Waals surface area contributed by atoms with Crippen molar-refractivity contribution in [2.24, 2.45) is 0 Å². The Morgan fingerprint density at radius 3 is 2.48 bits per heavy atom. The average molecular weight is 332 g/mol. The first kappa shape index (κ1) is 17.2. The SMILES string of the molecule is CNS(=O)(=O)c1cccc(C(=O)NCc2ccc(C)cc2C)c1. The van der Waals surface area contributed by atoms with Crippen molar-refractivity contribution in [3.63, 3.8) is 0 Å². The van der Waals surface area contributed by atoms with E-state index >= 15 is 0 Å².